The van der Waals surface area contributed by atoms with Crippen LogP contribution in [0.4, 0.5) is 5.69 Å². The maximum atomic E-state index is 12.0. The van der Waals surface area contributed by atoms with Crippen LogP contribution in [-0.2, 0) is 4.79 Å². The first-order valence-corrected chi connectivity index (χ1v) is 7.81. The Morgan fingerprint density at radius 3 is 2.48 bits per heavy atom. The summed E-state index contributed by atoms with van der Waals surface area (Å²) < 4.78 is 16.6. The largest absolute Gasteiger partial charge is 0.495 e. The molecule has 122 valence electrons. The molecule has 0 radical (unpaired) electrons. The van der Waals surface area contributed by atoms with Crippen molar-refractivity contribution in [3.63, 3.8) is 0 Å². The molecule has 0 atom stereocenters. The second kappa shape index (κ2) is 8.08. The average Bonchev–Trinajstić information content (AvgIpc) is 2.54. The van der Waals surface area contributed by atoms with Crippen molar-refractivity contribution in [1.29, 1.82) is 0 Å². The van der Waals surface area contributed by atoms with Crippen molar-refractivity contribution in [2.24, 2.45) is 0 Å². The van der Waals surface area contributed by atoms with Crippen molar-refractivity contribution in [3.05, 3.63) is 45.9 Å². The van der Waals surface area contributed by atoms with Crippen LogP contribution < -0.4 is 19.5 Å². The van der Waals surface area contributed by atoms with Crippen LogP contribution in [0.1, 0.15) is 0 Å². The molecular weight excluding hydrogens is 386 g/mol. The van der Waals surface area contributed by atoms with Gasteiger partial charge in [0.15, 0.2) is 6.61 Å². The van der Waals surface area contributed by atoms with Crippen LogP contribution in [0.2, 0.25) is 5.02 Å². The van der Waals surface area contributed by atoms with E-state index in [2.05, 4.69) is 21.2 Å². The highest BCUT2D eigenvalue weighted by Crippen LogP contribution is 2.35. The van der Waals surface area contributed by atoms with Gasteiger partial charge in [0.05, 0.1) is 29.4 Å². The van der Waals surface area contributed by atoms with Crippen LogP contribution in [0, 0.1) is 0 Å². The molecule has 7 heteroatoms. The minimum absolute atomic E-state index is 0.143. The zero-order chi connectivity index (χ0) is 16.8. The van der Waals surface area contributed by atoms with E-state index >= 15 is 0 Å². The summed E-state index contributed by atoms with van der Waals surface area (Å²) in [6.07, 6.45) is 0. The van der Waals surface area contributed by atoms with E-state index in [0.29, 0.717) is 28.0 Å². The van der Waals surface area contributed by atoms with Crippen LogP contribution in [0.25, 0.3) is 0 Å². The van der Waals surface area contributed by atoms with Crippen LogP contribution >= 0.6 is 27.5 Å². The van der Waals surface area contributed by atoms with E-state index in [4.69, 9.17) is 25.8 Å². The molecule has 0 spiro atoms. The molecule has 2 aromatic rings. The van der Waals surface area contributed by atoms with E-state index in [1.165, 1.54) is 14.2 Å². The normalized spacial score (nSPS) is 10.1. The number of para-hydroxylation sites is 1. The van der Waals surface area contributed by atoms with Crippen molar-refractivity contribution >= 4 is 39.1 Å². The van der Waals surface area contributed by atoms with Crippen LogP contribution in [0.15, 0.2) is 40.9 Å². The molecule has 0 aliphatic rings. The van der Waals surface area contributed by atoms with E-state index in [1.54, 1.807) is 18.2 Å². The number of benzene rings is 2. The molecule has 0 saturated heterocycles. The van der Waals surface area contributed by atoms with Gasteiger partial charge in [0.1, 0.15) is 17.2 Å². The molecule has 0 bridgehead atoms. The number of amides is 1. The fraction of sp³-hybridized carbons (Fsp3) is 0.188. The molecule has 0 aliphatic heterocycles. The lowest BCUT2D eigenvalue weighted by molar-refractivity contribution is -0.118. The van der Waals surface area contributed by atoms with Gasteiger partial charge < -0.3 is 19.5 Å². The molecule has 23 heavy (non-hydrogen) atoms. The molecule has 1 N–H and O–H groups in total. The Hall–Kier alpha value is -1.92. The van der Waals surface area contributed by atoms with E-state index in [1.807, 2.05) is 18.2 Å². The predicted molar refractivity (Wildman–Crippen MR) is 92.8 cm³/mol. The van der Waals surface area contributed by atoms with Gasteiger partial charge in [0.2, 0.25) is 0 Å². The second-order valence-corrected chi connectivity index (χ2v) is 5.72. The van der Waals surface area contributed by atoms with E-state index < -0.39 is 0 Å². The van der Waals surface area contributed by atoms with Crippen LogP contribution in [0.3, 0.4) is 0 Å². The number of anilines is 1. The highest BCUT2D eigenvalue weighted by molar-refractivity contribution is 9.10. The highest BCUT2D eigenvalue weighted by Gasteiger charge is 2.13. The summed E-state index contributed by atoms with van der Waals surface area (Å²) >= 11 is 9.42. The third-order valence-electron chi connectivity index (χ3n) is 2.94. The molecule has 2 aromatic carbocycles. The molecule has 0 fully saturated rings. The first-order valence-electron chi connectivity index (χ1n) is 6.64. The van der Waals surface area contributed by atoms with Gasteiger partial charge in [-0.3, -0.25) is 4.79 Å². The predicted octanol–water partition coefficient (Wildman–Crippen LogP) is 4.14. The summed E-state index contributed by atoms with van der Waals surface area (Å²) in [7, 11) is 3.00. The number of carbonyl (C=O) groups excluding carboxylic acids is 1. The summed E-state index contributed by atoms with van der Waals surface area (Å²) in [6.45, 7) is -0.143. The Morgan fingerprint density at radius 1 is 1.13 bits per heavy atom. The Balaban J connectivity index is 2.05. The van der Waals surface area contributed by atoms with Gasteiger partial charge in [-0.1, -0.05) is 23.7 Å². The summed E-state index contributed by atoms with van der Waals surface area (Å²) in [4.78, 5) is 12.0. The minimum atomic E-state index is -0.333. The Labute approximate surface area is 147 Å². The molecule has 0 unspecified atom stereocenters. The van der Waals surface area contributed by atoms with Crippen LogP contribution in [-0.4, -0.2) is 26.7 Å². The minimum Gasteiger partial charge on any atom is -0.495 e. The van der Waals surface area contributed by atoms with Gasteiger partial charge in [-0.25, -0.2) is 0 Å². The number of hydrogen-bond donors (Lipinski definition) is 1. The lowest BCUT2D eigenvalue weighted by Crippen LogP contribution is -2.20. The van der Waals surface area contributed by atoms with Gasteiger partial charge >= 0.3 is 0 Å². The summed E-state index contributed by atoms with van der Waals surface area (Å²) in [6, 6.07) is 10.5. The number of hydrogen-bond acceptors (Lipinski definition) is 4. The molecular formula is C16H15BrClNO4. The quantitative estimate of drug-likeness (QED) is 0.792. The zero-order valence-electron chi connectivity index (χ0n) is 12.6. The van der Waals surface area contributed by atoms with Gasteiger partial charge in [0.25, 0.3) is 5.91 Å². The number of methoxy groups -OCH3 is 2. The number of halogens is 2. The van der Waals surface area contributed by atoms with Crippen molar-refractivity contribution in [2.75, 3.05) is 26.1 Å². The summed E-state index contributed by atoms with van der Waals surface area (Å²) in [5.41, 5.74) is 0.444. The third kappa shape index (κ3) is 4.53. The molecule has 0 aliphatic carbocycles. The number of rotatable bonds is 6. The van der Waals surface area contributed by atoms with Gasteiger partial charge in [-0.05, 0) is 34.1 Å². The third-order valence-corrected chi connectivity index (χ3v) is 3.89. The molecule has 0 heterocycles. The van der Waals surface area contributed by atoms with Gasteiger partial charge in [-0.15, -0.1) is 0 Å². The van der Waals surface area contributed by atoms with Crippen molar-refractivity contribution in [2.45, 2.75) is 0 Å². The molecule has 0 saturated carbocycles. The number of ether oxygens (including phenoxy) is 3. The monoisotopic (exact) mass is 399 g/mol. The first kappa shape index (κ1) is 17.4. The smallest absolute Gasteiger partial charge is 0.262 e. The molecule has 2 rings (SSSR count). The molecule has 0 aromatic heterocycles. The second-order valence-electron chi connectivity index (χ2n) is 4.45. The molecule has 1 amide bonds. The maximum absolute atomic E-state index is 12.0. The van der Waals surface area contributed by atoms with E-state index in [9.17, 15) is 4.79 Å². The van der Waals surface area contributed by atoms with Crippen molar-refractivity contribution < 1.29 is 19.0 Å². The van der Waals surface area contributed by atoms with Gasteiger partial charge in [-0.2, -0.15) is 0 Å². The zero-order valence-corrected chi connectivity index (χ0v) is 14.9. The van der Waals surface area contributed by atoms with Crippen molar-refractivity contribution in [1.82, 2.24) is 0 Å². The van der Waals surface area contributed by atoms with Crippen molar-refractivity contribution in [3.8, 4) is 17.2 Å². The Morgan fingerprint density at radius 2 is 1.83 bits per heavy atom. The first-order chi connectivity index (χ1) is 11.0. The van der Waals surface area contributed by atoms with E-state index in [-0.39, 0.29) is 12.5 Å². The maximum Gasteiger partial charge on any atom is 0.262 e. The highest BCUT2D eigenvalue weighted by atomic mass is 79.9. The standard InChI is InChI=1S/C16H15BrClNO4/c1-21-14-8-15(22-2)12(7-11(14)18)19-16(20)9-23-13-6-4-3-5-10(13)17/h3-8H,9H2,1-2H3,(H,19,20). The molecule has 5 nitrogen and oxygen atoms in total. The summed E-state index contributed by atoms with van der Waals surface area (Å²) in [5.74, 6) is 1.16. The lowest BCUT2D eigenvalue weighted by Gasteiger charge is -2.13. The Bertz CT molecular complexity index is 708. The number of nitrogens with one attached hydrogen (secondary N) is 1. The summed E-state index contributed by atoms with van der Waals surface area (Å²) in [5, 5.41) is 3.07. The van der Waals surface area contributed by atoms with Crippen LogP contribution in [0.5, 0.6) is 17.2 Å². The fourth-order valence-electron chi connectivity index (χ4n) is 1.85. The van der Waals surface area contributed by atoms with Gasteiger partial charge in [0, 0.05) is 6.07 Å². The van der Waals surface area contributed by atoms with E-state index in [0.717, 1.165) is 4.47 Å². The Kier molecular flexibility index (Phi) is 6.12. The fourth-order valence-corrected chi connectivity index (χ4v) is 2.49. The SMILES string of the molecule is COc1cc(OC)c(NC(=O)COc2ccccc2Br)cc1Cl. The lowest BCUT2D eigenvalue weighted by atomic mass is 10.2. The topological polar surface area (TPSA) is 56.8 Å². The average molecular weight is 401 g/mol. The number of carbonyl (C=O) groups is 1.